The predicted octanol–water partition coefficient (Wildman–Crippen LogP) is 2.70. The maximum absolute atomic E-state index is 11.3. The van der Waals surface area contributed by atoms with Crippen LogP contribution in [-0.4, -0.2) is 17.7 Å². The number of carbonyl (C=O) groups is 1. The van der Waals surface area contributed by atoms with Crippen molar-refractivity contribution in [2.24, 2.45) is 5.92 Å². The average Bonchev–Trinajstić information content (AvgIpc) is 1.91. The van der Waals surface area contributed by atoms with Gasteiger partial charge in [-0.3, -0.25) is 0 Å². The Hall–Kier alpha value is -0.730. The third-order valence-electron chi connectivity index (χ3n) is 2.53. The van der Waals surface area contributed by atoms with Crippen molar-refractivity contribution in [2.45, 2.75) is 58.6 Å². The van der Waals surface area contributed by atoms with Gasteiger partial charge in [-0.2, -0.15) is 0 Å². The number of nitrogens with one attached hydrogen (secondary N) is 1. The molecular formula is C11H21NO2. The van der Waals surface area contributed by atoms with Gasteiger partial charge in [-0.05, 0) is 39.5 Å². The topological polar surface area (TPSA) is 38.3 Å². The van der Waals surface area contributed by atoms with E-state index in [-0.39, 0.29) is 6.09 Å². The number of rotatable bonds is 2. The molecule has 0 aromatic heterocycles. The summed E-state index contributed by atoms with van der Waals surface area (Å²) in [5.74, 6) is 0.801. The molecule has 0 aliphatic heterocycles. The molecule has 1 aliphatic rings. The van der Waals surface area contributed by atoms with Crippen LogP contribution in [-0.2, 0) is 4.74 Å². The summed E-state index contributed by atoms with van der Waals surface area (Å²) in [6.45, 7) is 7.82. The second-order valence-electron chi connectivity index (χ2n) is 5.09. The number of alkyl carbamates (subject to hydrolysis) is 1. The molecule has 0 unspecified atom stereocenters. The Labute approximate surface area is 86.2 Å². The van der Waals surface area contributed by atoms with Gasteiger partial charge in [0.15, 0.2) is 0 Å². The van der Waals surface area contributed by atoms with Crippen LogP contribution < -0.4 is 5.32 Å². The highest BCUT2D eigenvalue weighted by Gasteiger charge is 2.30. The first kappa shape index (κ1) is 11.3. The highest BCUT2D eigenvalue weighted by molar-refractivity contribution is 5.68. The monoisotopic (exact) mass is 199 g/mol. The van der Waals surface area contributed by atoms with Gasteiger partial charge in [-0.1, -0.05) is 13.3 Å². The van der Waals surface area contributed by atoms with Crippen LogP contribution in [0.4, 0.5) is 4.79 Å². The first-order chi connectivity index (χ1) is 6.40. The third-order valence-corrected chi connectivity index (χ3v) is 2.53. The van der Waals surface area contributed by atoms with Crippen LogP contribution in [0.1, 0.15) is 47.0 Å². The molecule has 82 valence electrons. The average molecular weight is 199 g/mol. The molecule has 14 heavy (non-hydrogen) atoms. The number of carbonyl (C=O) groups excluding carboxylic acids is 1. The lowest BCUT2D eigenvalue weighted by molar-refractivity contribution is 0.0451. The van der Waals surface area contributed by atoms with Gasteiger partial charge in [0.05, 0.1) is 0 Å². The van der Waals surface area contributed by atoms with Crippen molar-refractivity contribution in [2.75, 3.05) is 0 Å². The van der Waals surface area contributed by atoms with Gasteiger partial charge in [0.25, 0.3) is 0 Å². The summed E-state index contributed by atoms with van der Waals surface area (Å²) >= 11 is 0. The zero-order valence-electron chi connectivity index (χ0n) is 9.59. The Kier molecular flexibility index (Phi) is 3.40. The zero-order valence-corrected chi connectivity index (χ0v) is 9.59. The normalized spacial score (nSPS) is 26.6. The van der Waals surface area contributed by atoms with Crippen molar-refractivity contribution in [3.8, 4) is 0 Å². The Morgan fingerprint density at radius 2 is 2.00 bits per heavy atom. The number of hydrogen-bond acceptors (Lipinski definition) is 2. The minimum absolute atomic E-state index is 0.281. The lowest BCUT2D eigenvalue weighted by Gasteiger charge is -2.35. The number of hydrogen-bond donors (Lipinski definition) is 1. The van der Waals surface area contributed by atoms with E-state index in [4.69, 9.17) is 4.74 Å². The van der Waals surface area contributed by atoms with E-state index in [1.807, 2.05) is 20.8 Å². The lowest BCUT2D eigenvalue weighted by atomic mass is 9.79. The fraction of sp³-hybridized carbons (Fsp3) is 0.909. The van der Waals surface area contributed by atoms with Crippen molar-refractivity contribution < 1.29 is 9.53 Å². The maximum atomic E-state index is 11.3. The van der Waals surface area contributed by atoms with E-state index in [1.54, 1.807) is 0 Å². The van der Waals surface area contributed by atoms with E-state index in [0.29, 0.717) is 6.04 Å². The van der Waals surface area contributed by atoms with E-state index in [0.717, 1.165) is 18.8 Å². The minimum atomic E-state index is -0.391. The second kappa shape index (κ2) is 4.20. The Balaban J connectivity index is 2.17. The standard InChI is InChI=1S/C11H21NO2/c1-5-8-6-9(7-8)12-10(13)14-11(2,3)4/h8-9H,5-7H2,1-4H3,(H,12,13)/t8-,9+. The summed E-state index contributed by atoms with van der Waals surface area (Å²) in [6, 6.07) is 0.342. The lowest BCUT2D eigenvalue weighted by Crippen LogP contribution is -2.46. The van der Waals surface area contributed by atoms with Crippen molar-refractivity contribution in [3.05, 3.63) is 0 Å². The summed E-state index contributed by atoms with van der Waals surface area (Å²) in [5.41, 5.74) is -0.391. The molecule has 3 nitrogen and oxygen atoms in total. The van der Waals surface area contributed by atoms with Gasteiger partial charge >= 0.3 is 6.09 Å². The van der Waals surface area contributed by atoms with Crippen LogP contribution in [0.25, 0.3) is 0 Å². The van der Waals surface area contributed by atoms with E-state index in [2.05, 4.69) is 12.2 Å². The van der Waals surface area contributed by atoms with E-state index >= 15 is 0 Å². The molecule has 0 saturated heterocycles. The Morgan fingerprint density at radius 1 is 1.43 bits per heavy atom. The molecule has 3 heteroatoms. The van der Waals surface area contributed by atoms with Gasteiger partial charge < -0.3 is 10.1 Å². The van der Waals surface area contributed by atoms with Crippen molar-refractivity contribution in [1.29, 1.82) is 0 Å². The third kappa shape index (κ3) is 3.56. The fourth-order valence-corrected chi connectivity index (χ4v) is 1.66. The number of amides is 1. The molecule has 1 amide bonds. The summed E-state index contributed by atoms with van der Waals surface area (Å²) in [5, 5.41) is 2.88. The molecule has 1 aliphatic carbocycles. The Morgan fingerprint density at radius 3 is 2.43 bits per heavy atom. The van der Waals surface area contributed by atoms with E-state index in [9.17, 15) is 4.79 Å². The van der Waals surface area contributed by atoms with Crippen LogP contribution in [0.5, 0.6) is 0 Å². The van der Waals surface area contributed by atoms with Crippen LogP contribution in [0.3, 0.4) is 0 Å². The quantitative estimate of drug-likeness (QED) is 0.742. The molecule has 0 atom stereocenters. The smallest absolute Gasteiger partial charge is 0.407 e. The molecule has 0 radical (unpaired) electrons. The van der Waals surface area contributed by atoms with Gasteiger partial charge in [0, 0.05) is 6.04 Å². The van der Waals surface area contributed by atoms with Crippen LogP contribution >= 0.6 is 0 Å². The summed E-state index contributed by atoms with van der Waals surface area (Å²) in [6.07, 6.45) is 3.15. The molecule has 0 bridgehead atoms. The number of ether oxygens (including phenoxy) is 1. The molecule has 0 aromatic carbocycles. The van der Waals surface area contributed by atoms with Gasteiger partial charge in [-0.25, -0.2) is 4.79 Å². The van der Waals surface area contributed by atoms with Crippen molar-refractivity contribution in [3.63, 3.8) is 0 Å². The highest BCUT2D eigenvalue weighted by Crippen LogP contribution is 2.29. The molecule has 1 rings (SSSR count). The second-order valence-corrected chi connectivity index (χ2v) is 5.09. The summed E-state index contributed by atoms with van der Waals surface area (Å²) < 4.78 is 5.16. The molecule has 1 fully saturated rings. The van der Waals surface area contributed by atoms with Crippen LogP contribution in [0, 0.1) is 5.92 Å². The molecule has 0 heterocycles. The fourth-order valence-electron chi connectivity index (χ4n) is 1.66. The maximum Gasteiger partial charge on any atom is 0.407 e. The minimum Gasteiger partial charge on any atom is -0.444 e. The van der Waals surface area contributed by atoms with E-state index in [1.165, 1.54) is 6.42 Å². The molecule has 1 saturated carbocycles. The molecule has 1 N–H and O–H groups in total. The molecule has 0 aromatic rings. The van der Waals surface area contributed by atoms with Gasteiger partial charge in [0.1, 0.15) is 5.60 Å². The van der Waals surface area contributed by atoms with Crippen LogP contribution in [0.2, 0.25) is 0 Å². The van der Waals surface area contributed by atoms with Crippen LogP contribution in [0.15, 0.2) is 0 Å². The SMILES string of the molecule is CC[C@H]1C[C@@H](NC(=O)OC(C)(C)C)C1. The Bertz CT molecular complexity index is 202. The van der Waals surface area contributed by atoms with Gasteiger partial charge in [0.2, 0.25) is 0 Å². The molecule has 0 spiro atoms. The zero-order chi connectivity index (χ0) is 10.8. The van der Waals surface area contributed by atoms with Crippen molar-refractivity contribution >= 4 is 6.09 Å². The predicted molar refractivity (Wildman–Crippen MR) is 56.2 cm³/mol. The van der Waals surface area contributed by atoms with Gasteiger partial charge in [-0.15, -0.1) is 0 Å². The van der Waals surface area contributed by atoms with E-state index < -0.39 is 5.60 Å². The first-order valence-electron chi connectivity index (χ1n) is 5.40. The molecular weight excluding hydrogens is 178 g/mol. The highest BCUT2D eigenvalue weighted by atomic mass is 16.6. The first-order valence-corrected chi connectivity index (χ1v) is 5.40. The summed E-state index contributed by atoms with van der Waals surface area (Å²) in [4.78, 5) is 11.3. The van der Waals surface area contributed by atoms with Crippen molar-refractivity contribution in [1.82, 2.24) is 5.32 Å². The summed E-state index contributed by atoms with van der Waals surface area (Å²) in [7, 11) is 0. The largest absolute Gasteiger partial charge is 0.444 e.